The number of hydrogen-bond donors (Lipinski definition) is 1. The van der Waals surface area contributed by atoms with Gasteiger partial charge in [0.15, 0.2) is 0 Å². The first-order chi connectivity index (χ1) is 12.3. The fraction of sp³-hybridized carbons (Fsp3) is 0.500. The maximum Gasteiger partial charge on any atom is 0.324 e. The minimum Gasteiger partial charge on any atom is -0.369 e. The van der Waals surface area contributed by atoms with Gasteiger partial charge in [0.1, 0.15) is 12.6 Å². The molecule has 0 bridgehead atoms. The number of amides is 4. The van der Waals surface area contributed by atoms with Gasteiger partial charge in [-0.25, -0.2) is 4.79 Å². The normalized spacial score (nSPS) is 23.0. The summed E-state index contributed by atoms with van der Waals surface area (Å²) >= 11 is 6.06. The number of nitrogens with zero attached hydrogens (tertiary/aromatic N) is 2. The molecule has 2 aliphatic heterocycles. The van der Waals surface area contributed by atoms with Crippen molar-refractivity contribution in [1.82, 2.24) is 15.1 Å². The first-order valence-electron chi connectivity index (χ1n) is 8.52. The van der Waals surface area contributed by atoms with Gasteiger partial charge in [0.25, 0.3) is 0 Å². The third kappa shape index (κ3) is 3.99. The Kier molecular flexibility index (Phi) is 5.20. The molecule has 0 spiro atoms. The van der Waals surface area contributed by atoms with E-state index in [0.29, 0.717) is 18.2 Å². The second-order valence-corrected chi connectivity index (χ2v) is 7.63. The van der Waals surface area contributed by atoms with Gasteiger partial charge in [0, 0.05) is 18.0 Å². The Labute approximate surface area is 157 Å². The molecule has 1 N–H and O–H groups in total. The number of carbonyl (C=O) groups excluding carboxylic acids is 3. The zero-order valence-electron chi connectivity index (χ0n) is 14.8. The van der Waals surface area contributed by atoms with E-state index in [9.17, 15) is 14.4 Å². The van der Waals surface area contributed by atoms with E-state index < -0.39 is 11.6 Å². The molecule has 0 radical (unpaired) electrons. The van der Waals surface area contributed by atoms with Crippen molar-refractivity contribution in [2.75, 3.05) is 26.2 Å². The molecule has 1 aromatic rings. The highest BCUT2D eigenvalue weighted by atomic mass is 35.5. The van der Waals surface area contributed by atoms with Gasteiger partial charge in [0.2, 0.25) is 11.8 Å². The monoisotopic (exact) mass is 379 g/mol. The van der Waals surface area contributed by atoms with Crippen LogP contribution in [0.3, 0.4) is 0 Å². The Bertz CT molecular complexity index is 737. The minimum absolute atomic E-state index is 0.0647. The Morgan fingerprint density at radius 3 is 2.85 bits per heavy atom. The summed E-state index contributed by atoms with van der Waals surface area (Å²) < 4.78 is 5.95. The molecule has 1 aromatic carbocycles. The van der Waals surface area contributed by atoms with Crippen molar-refractivity contribution in [3.63, 3.8) is 0 Å². The average Bonchev–Trinajstić information content (AvgIpc) is 2.57. The predicted molar refractivity (Wildman–Crippen MR) is 95.7 cm³/mol. The van der Waals surface area contributed by atoms with Crippen LogP contribution in [0.4, 0.5) is 4.79 Å². The first kappa shape index (κ1) is 18.7. The van der Waals surface area contributed by atoms with Crippen molar-refractivity contribution in [2.24, 2.45) is 0 Å². The summed E-state index contributed by atoms with van der Waals surface area (Å²) in [6.45, 7) is 4.79. The van der Waals surface area contributed by atoms with E-state index in [-0.39, 0.29) is 37.4 Å². The van der Waals surface area contributed by atoms with Gasteiger partial charge >= 0.3 is 6.03 Å². The number of urea groups is 1. The lowest BCUT2D eigenvalue weighted by Crippen LogP contribution is -2.60. The average molecular weight is 380 g/mol. The van der Waals surface area contributed by atoms with E-state index in [1.807, 2.05) is 32.0 Å². The van der Waals surface area contributed by atoms with Gasteiger partial charge in [-0.3, -0.25) is 14.9 Å². The lowest BCUT2D eigenvalue weighted by atomic mass is 9.98. The zero-order valence-corrected chi connectivity index (χ0v) is 15.6. The highest BCUT2D eigenvalue weighted by molar-refractivity contribution is 6.30. The predicted octanol–water partition coefficient (Wildman–Crippen LogP) is 1.96. The van der Waals surface area contributed by atoms with Crippen LogP contribution in [-0.2, 0) is 14.3 Å². The van der Waals surface area contributed by atoms with Crippen molar-refractivity contribution in [2.45, 2.75) is 31.9 Å². The van der Waals surface area contributed by atoms with E-state index in [1.54, 1.807) is 11.0 Å². The molecule has 2 heterocycles. The molecule has 4 amide bonds. The van der Waals surface area contributed by atoms with Gasteiger partial charge in [0.05, 0.1) is 18.7 Å². The molecule has 2 saturated heterocycles. The maximum absolute atomic E-state index is 12.9. The van der Waals surface area contributed by atoms with E-state index >= 15 is 0 Å². The number of rotatable bonds is 3. The molecule has 0 saturated carbocycles. The molecule has 2 fully saturated rings. The highest BCUT2D eigenvalue weighted by Crippen LogP contribution is 2.31. The van der Waals surface area contributed by atoms with Crippen LogP contribution >= 0.6 is 11.6 Å². The summed E-state index contributed by atoms with van der Waals surface area (Å²) in [4.78, 5) is 39.1. The molecular formula is C18H22ClN3O4. The summed E-state index contributed by atoms with van der Waals surface area (Å²) in [5.74, 6) is -0.485. The van der Waals surface area contributed by atoms with E-state index in [2.05, 4.69) is 5.32 Å². The number of halogens is 1. The Hall–Kier alpha value is -2.12. The van der Waals surface area contributed by atoms with Crippen LogP contribution < -0.4 is 5.32 Å². The number of carbonyl (C=O) groups is 3. The van der Waals surface area contributed by atoms with Crippen molar-refractivity contribution >= 4 is 29.4 Å². The molecule has 2 aliphatic rings. The van der Waals surface area contributed by atoms with Crippen molar-refractivity contribution < 1.29 is 19.1 Å². The lowest BCUT2D eigenvalue weighted by molar-refractivity contribution is -0.155. The molecule has 8 heteroatoms. The summed E-state index contributed by atoms with van der Waals surface area (Å²) in [7, 11) is 0. The molecule has 1 atom stereocenters. The zero-order chi connectivity index (χ0) is 18.9. The molecule has 0 aliphatic carbocycles. The van der Waals surface area contributed by atoms with Crippen LogP contribution in [0.2, 0.25) is 5.02 Å². The summed E-state index contributed by atoms with van der Waals surface area (Å²) in [6.07, 6.45) is -0.0705. The third-order valence-electron chi connectivity index (χ3n) is 4.71. The number of benzene rings is 1. The van der Waals surface area contributed by atoms with Crippen molar-refractivity contribution in [1.29, 1.82) is 0 Å². The van der Waals surface area contributed by atoms with Gasteiger partial charge in [-0.15, -0.1) is 0 Å². The molecule has 140 valence electrons. The summed E-state index contributed by atoms with van der Waals surface area (Å²) in [5, 5.41) is 2.85. The summed E-state index contributed by atoms with van der Waals surface area (Å²) in [5.41, 5.74) is 0.418. The van der Waals surface area contributed by atoms with Crippen molar-refractivity contribution in [3.8, 4) is 0 Å². The third-order valence-corrected chi connectivity index (χ3v) is 4.94. The SMILES string of the molecule is CC1(C)COC(c2cccc(Cl)c2)CN1C(=O)CN1CCC(=O)NC1=O. The van der Waals surface area contributed by atoms with Gasteiger partial charge in [-0.2, -0.15) is 0 Å². The van der Waals surface area contributed by atoms with Crippen LogP contribution in [0.1, 0.15) is 31.9 Å². The van der Waals surface area contributed by atoms with Crippen LogP contribution in [-0.4, -0.2) is 59.4 Å². The quantitative estimate of drug-likeness (QED) is 0.870. The van der Waals surface area contributed by atoms with Crippen LogP contribution in [0, 0.1) is 0 Å². The number of ether oxygens (including phenoxy) is 1. The number of imide groups is 1. The van der Waals surface area contributed by atoms with Crippen LogP contribution in [0.15, 0.2) is 24.3 Å². The highest BCUT2D eigenvalue weighted by Gasteiger charge is 2.39. The first-order valence-corrected chi connectivity index (χ1v) is 8.90. The maximum atomic E-state index is 12.9. The van der Waals surface area contributed by atoms with Crippen LogP contribution in [0.25, 0.3) is 0 Å². The molecule has 7 nitrogen and oxygen atoms in total. The van der Waals surface area contributed by atoms with Gasteiger partial charge < -0.3 is 14.5 Å². The molecule has 3 rings (SSSR count). The lowest BCUT2D eigenvalue weighted by Gasteiger charge is -2.46. The Balaban J connectivity index is 1.72. The second kappa shape index (κ2) is 7.25. The van der Waals surface area contributed by atoms with E-state index in [0.717, 1.165) is 5.56 Å². The smallest absolute Gasteiger partial charge is 0.324 e. The largest absolute Gasteiger partial charge is 0.369 e. The Morgan fingerprint density at radius 2 is 2.15 bits per heavy atom. The molecule has 26 heavy (non-hydrogen) atoms. The fourth-order valence-corrected chi connectivity index (χ4v) is 3.39. The van der Waals surface area contributed by atoms with Crippen LogP contribution in [0.5, 0.6) is 0 Å². The Morgan fingerprint density at radius 1 is 1.38 bits per heavy atom. The molecule has 1 unspecified atom stereocenters. The molecular weight excluding hydrogens is 358 g/mol. The van der Waals surface area contributed by atoms with E-state index in [4.69, 9.17) is 16.3 Å². The van der Waals surface area contributed by atoms with Gasteiger partial charge in [-0.1, -0.05) is 23.7 Å². The van der Waals surface area contributed by atoms with Gasteiger partial charge in [-0.05, 0) is 31.5 Å². The number of hydrogen-bond acceptors (Lipinski definition) is 4. The summed E-state index contributed by atoms with van der Waals surface area (Å²) in [6, 6.07) is 6.86. The number of morpholine rings is 1. The fourth-order valence-electron chi connectivity index (χ4n) is 3.19. The standard InChI is InChI=1S/C18H22ClN3O4/c1-18(2)11-26-14(12-4-3-5-13(19)8-12)9-22(18)16(24)10-21-7-6-15(23)20-17(21)25/h3-5,8,14H,6-7,9-11H2,1-2H3,(H,20,23,25). The minimum atomic E-state index is -0.521. The number of nitrogens with one attached hydrogen (secondary N) is 1. The second-order valence-electron chi connectivity index (χ2n) is 7.20. The van der Waals surface area contributed by atoms with E-state index in [1.165, 1.54) is 4.90 Å². The topological polar surface area (TPSA) is 79.0 Å². The molecule has 0 aromatic heterocycles. The van der Waals surface area contributed by atoms with Crippen molar-refractivity contribution in [3.05, 3.63) is 34.9 Å².